The van der Waals surface area contributed by atoms with Crippen molar-refractivity contribution in [3.05, 3.63) is 0 Å². The number of fused-ring (bicyclic) bond motifs is 1. The predicted octanol–water partition coefficient (Wildman–Crippen LogP) is -0.162. The molecule has 0 aliphatic carbocycles. The summed E-state index contributed by atoms with van der Waals surface area (Å²) in [5, 5.41) is 19.9. The summed E-state index contributed by atoms with van der Waals surface area (Å²) in [5.74, 6) is -3.90. The Bertz CT molecular complexity index is 292. The van der Waals surface area contributed by atoms with Crippen LogP contribution in [-0.2, 0) is 14.3 Å². The first kappa shape index (κ1) is 10.8. The zero-order valence-electron chi connectivity index (χ0n) is 8.77. The van der Waals surface area contributed by atoms with Gasteiger partial charge in [-0.15, -0.1) is 0 Å². The molecule has 2 heterocycles. The SMILES string of the molecule is CC1(C)OC2CCCN(O)C(=O)C2(O)O1. The summed E-state index contributed by atoms with van der Waals surface area (Å²) < 4.78 is 10.6. The second-order valence-electron chi connectivity index (χ2n) is 4.38. The lowest BCUT2D eigenvalue weighted by molar-refractivity contribution is -0.249. The van der Waals surface area contributed by atoms with E-state index in [0.29, 0.717) is 17.9 Å². The second kappa shape index (κ2) is 3.15. The van der Waals surface area contributed by atoms with Crippen molar-refractivity contribution in [2.24, 2.45) is 0 Å². The summed E-state index contributed by atoms with van der Waals surface area (Å²) >= 11 is 0. The Hall–Kier alpha value is -0.690. The van der Waals surface area contributed by atoms with Crippen molar-refractivity contribution in [2.75, 3.05) is 6.54 Å². The molecule has 0 radical (unpaired) electrons. The summed E-state index contributed by atoms with van der Waals surface area (Å²) in [7, 11) is 0. The lowest BCUT2D eigenvalue weighted by Gasteiger charge is -2.25. The molecule has 2 unspecified atom stereocenters. The van der Waals surface area contributed by atoms with Crippen LogP contribution in [-0.4, -0.2) is 45.5 Å². The lowest BCUT2D eigenvalue weighted by Crippen LogP contribution is -2.52. The van der Waals surface area contributed by atoms with Gasteiger partial charge in [0.2, 0.25) is 0 Å². The summed E-state index contributed by atoms with van der Waals surface area (Å²) in [6.07, 6.45) is 0.328. The topological polar surface area (TPSA) is 79.2 Å². The van der Waals surface area contributed by atoms with Crippen LogP contribution in [0.5, 0.6) is 0 Å². The molecule has 0 aromatic carbocycles. The molecule has 6 heteroatoms. The van der Waals surface area contributed by atoms with Crippen molar-refractivity contribution in [2.45, 2.75) is 44.4 Å². The van der Waals surface area contributed by atoms with Gasteiger partial charge in [0.25, 0.3) is 5.79 Å². The van der Waals surface area contributed by atoms with Crippen LogP contribution in [0, 0.1) is 0 Å². The minimum Gasteiger partial charge on any atom is -0.356 e. The molecule has 2 atom stereocenters. The minimum absolute atomic E-state index is 0.185. The fraction of sp³-hybridized carbons (Fsp3) is 0.889. The van der Waals surface area contributed by atoms with Crippen molar-refractivity contribution in [3.8, 4) is 0 Å². The zero-order valence-corrected chi connectivity index (χ0v) is 8.77. The molecule has 2 aliphatic heterocycles. The number of amides is 1. The largest absolute Gasteiger partial charge is 0.356 e. The van der Waals surface area contributed by atoms with Crippen molar-refractivity contribution in [1.82, 2.24) is 5.06 Å². The fourth-order valence-corrected chi connectivity index (χ4v) is 2.04. The first-order valence-electron chi connectivity index (χ1n) is 4.96. The number of hydroxylamine groups is 2. The molecule has 86 valence electrons. The van der Waals surface area contributed by atoms with Crippen molar-refractivity contribution in [1.29, 1.82) is 0 Å². The van der Waals surface area contributed by atoms with E-state index in [1.54, 1.807) is 13.8 Å². The molecule has 0 spiro atoms. The average molecular weight is 217 g/mol. The van der Waals surface area contributed by atoms with Gasteiger partial charge < -0.3 is 14.6 Å². The van der Waals surface area contributed by atoms with Gasteiger partial charge >= 0.3 is 5.91 Å². The van der Waals surface area contributed by atoms with Crippen LogP contribution in [0.3, 0.4) is 0 Å². The Morgan fingerprint density at radius 3 is 2.87 bits per heavy atom. The lowest BCUT2D eigenvalue weighted by atomic mass is 10.1. The third-order valence-corrected chi connectivity index (χ3v) is 2.64. The second-order valence-corrected chi connectivity index (χ2v) is 4.38. The van der Waals surface area contributed by atoms with Gasteiger partial charge in [-0.3, -0.25) is 10.0 Å². The summed E-state index contributed by atoms with van der Waals surface area (Å²) in [4.78, 5) is 11.7. The molecule has 2 rings (SSSR count). The van der Waals surface area contributed by atoms with Crippen LogP contribution in [0.25, 0.3) is 0 Å². The number of rotatable bonds is 0. The first-order valence-corrected chi connectivity index (χ1v) is 4.96. The van der Waals surface area contributed by atoms with E-state index in [9.17, 15) is 15.1 Å². The van der Waals surface area contributed by atoms with Crippen molar-refractivity contribution < 1.29 is 24.6 Å². The van der Waals surface area contributed by atoms with Crippen LogP contribution in [0.2, 0.25) is 0 Å². The van der Waals surface area contributed by atoms with E-state index in [4.69, 9.17) is 9.47 Å². The third kappa shape index (κ3) is 1.63. The van der Waals surface area contributed by atoms with E-state index in [-0.39, 0.29) is 6.54 Å². The van der Waals surface area contributed by atoms with Crippen molar-refractivity contribution in [3.63, 3.8) is 0 Å². The smallest absolute Gasteiger partial charge is 0.308 e. The third-order valence-electron chi connectivity index (χ3n) is 2.64. The first-order chi connectivity index (χ1) is 6.85. The van der Waals surface area contributed by atoms with Crippen LogP contribution >= 0.6 is 0 Å². The van der Waals surface area contributed by atoms with Gasteiger partial charge in [-0.25, -0.2) is 5.06 Å². The van der Waals surface area contributed by atoms with Crippen molar-refractivity contribution >= 4 is 5.91 Å². The quantitative estimate of drug-likeness (QED) is 0.551. The number of carbonyl (C=O) groups is 1. The molecule has 2 N–H and O–H groups in total. The standard InChI is InChI=1S/C9H15NO5/c1-8(2)14-6-4-3-5-10(13)7(11)9(6,12)15-8/h6,12-13H,3-5H2,1-2H3. The maximum Gasteiger partial charge on any atom is 0.308 e. The highest BCUT2D eigenvalue weighted by molar-refractivity contribution is 5.83. The van der Waals surface area contributed by atoms with Crippen LogP contribution in [0.1, 0.15) is 26.7 Å². The van der Waals surface area contributed by atoms with Crippen LogP contribution in [0.15, 0.2) is 0 Å². The molecule has 0 aromatic rings. The van der Waals surface area contributed by atoms with Gasteiger partial charge in [0, 0.05) is 6.54 Å². The van der Waals surface area contributed by atoms with Crippen LogP contribution in [0.4, 0.5) is 0 Å². The molecule has 15 heavy (non-hydrogen) atoms. The molecule has 2 aliphatic rings. The molecule has 2 saturated heterocycles. The number of ether oxygens (including phenoxy) is 2. The number of hydrogen-bond acceptors (Lipinski definition) is 5. The Balaban J connectivity index is 2.31. The number of hydrogen-bond donors (Lipinski definition) is 2. The van der Waals surface area contributed by atoms with E-state index in [1.165, 1.54) is 0 Å². The monoisotopic (exact) mass is 217 g/mol. The maximum absolute atomic E-state index is 11.7. The molecule has 0 bridgehead atoms. The highest BCUT2D eigenvalue weighted by atomic mass is 16.8. The van der Waals surface area contributed by atoms with Gasteiger partial charge in [0.1, 0.15) is 6.10 Å². The normalized spacial score (nSPS) is 40.1. The number of aliphatic hydroxyl groups is 1. The number of nitrogens with zero attached hydrogens (tertiary/aromatic N) is 1. The fourth-order valence-electron chi connectivity index (χ4n) is 2.04. The summed E-state index contributed by atoms with van der Waals surface area (Å²) in [6.45, 7) is 3.42. The van der Waals surface area contributed by atoms with Gasteiger partial charge in [0.15, 0.2) is 5.79 Å². The number of carbonyl (C=O) groups excluding carboxylic acids is 1. The molecule has 2 fully saturated rings. The predicted molar refractivity (Wildman–Crippen MR) is 47.7 cm³/mol. The molecular formula is C9H15NO5. The molecule has 0 saturated carbocycles. The Morgan fingerprint density at radius 2 is 2.20 bits per heavy atom. The van der Waals surface area contributed by atoms with Crippen LogP contribution < -0.4 is 0 Å². The maximum atomic E-state index is 11.7. The van der Waals surface area contributed by atoms with Gasteiger partial charge in [-0.05, 0) is 26.7 Å². The highest BCUT2D eigenvalue weighted by Crippen LogP contribution is 2.39. The van der Waals surface area contributed by atoms with Gasteiger partial charge in [-0.2, -0.15) is 0 Å². The van der Waals surface area contributed by atoms with Gasteiger partial charge in [0.05, 0.1) is 0 Å². The van der Waals surface area contributed by atoms with Gasteiger partial charge in [-0.1, -0.05) is 0 Å². The molecule has 0 aromatic heterocycles. The molecule has 1 amide bonds. The average Bonchev–Trinajstić information content (AvgIpc) is 2.30. The molecular weight excluding hydrogens is 202 g/mol. The van der Waals surface area contributed by atoms with E-state index >= 15 is 0 Å². The Kier molecular flexibility index (Phi) is 2.27. The van der Waals surface area contributed by atoms with E-state index in [2.05, 4.69) is 0 Å². The van der Waals surface area contributed by atoms with E-state index in [1.807, 2.05) is 0 Å². The Labute approximate surface area is 87.3 Å². The Morgan fingerprint density at radius 1 is 1.53 bits per heavy atom. The van der Waals surface area contributed by atoms with E-state index < -0.39 is 23.6 Å². The zero-order chi connectivity index (χ0) is 11.3. The minimum atomic E-state index is -2.05. The summed E-state index contributed by atoms with van der Waals surface area (Å²) in [6, 6.07) is 0. The molecule has 6 nitrogen and oxygen atoms in total. The summed E-state index contributed by atoms with van der Waals surface area (Å²) in [5.41, 5.74) is 0. The highest BCUT2D eigenvalue weighted by Gasteiger charge is 2.59. The van der Waals surface area contributed by atoms with E-state index in [0.717, 1.165) is 0 Å².